The molecule has 0 saturated heterocycles. The van der Waals surface area contributed by atoms with Crippen molar-refractivity contribution in [2.75, 3.05) is 6.61 Å². The molecule has 0 aromatic carbocycles. The fourth-order valence-electron chi connectivity index (χ4n) is 6.16. The smallest absolute Gasteiger partial charge is 0.330 e. The quantitative estimate of drug-likeness (QED) is 0.295. The molecule has 4 nitrogen and oxygen atoms in total. The molecule has 4 heteroatoms. The van der Waals surface area contributed by atoms with Gasteiger partial charge in [0.1, 0.15) is 6.10 Å². The molecular formula is C33H46O4. The van der Waals surface area contributed by atoms with Gasteiger partial charge in [-0.1, -0.05) is 87.1 Å². The van der Waals surface area contributed by atoms with Crippen molar-refractivity contribution in [3.8, 4) is 0 Å². The van der Waals surface area contributed by atoms with Crippen molar-refractivity contribution in [3.05, 3.63) is 72.4 Å². The van der Waals surface area contributed by atoms with Crippen LogP contribution in [0.5, 0.6) is 0 Å². The zero-order valence-electron chi connectivity index (χ0n) is 23.2. The highest BCUT2D eigenvalue weighted by Gasteiger charge is 2.58. The third-order valence-electron chi connectivity index (χ3n) is 8.39. The number of rotatable bonds is 3. The van der Waals surface area contributed by atoms with E-state index in [4.69, 9.17) is 14.2 Å². The van der Waals surface area contributed by atoms with Crippen LogP contribution >= 0.6 is 0 Å². The lowest BCUT2D eigenvalue weighted by molar-refractivity contribution is -0.144. The molecule has 1 fully saturated rings. The molecule has 1 aliphatic carbocycles. The lowest BCUT2D eigenvalue weighted by Gasteiger charge is -2.28. The highest BCUT2D eigenvalue weighted by Crippen LogP contribution is 2.57. The first kappa shape index (κ1) is 27.9. The Hall–Kier alpha value is -2.17. The third-order valence-corrected chi connectivity index (χ3v) is 8.39. The molecule has 3 heterocycles. The Morgan fingerprint density at radius 2 is 1.95 bits per heavy atom. The molecular weight excluding hydrogens is 460 g/mol. The predicted octanol–water partition coefficient (Wildman–Crippen LogP) is 7.44. The second-order valence-electron chi connectivity index (χ2n) is 11.9. The van der Waals surface area contributed by atoms with Gasteiger partial charge in [-0.15, -0.1) is 0 Å². The van der Waals surface area contributed by atoms with Gasteiger partial charge >= 0.3 is 5.97 Å². The number of carbonyl (C=O) groups excluding carboxylic acids is 1. The van der Waals surface area contributed by atoms with Gasteiger partial charge in [0.15, 0.2) is 0 Å². The van der Waals surface area contributed by atoms with Crippen molar-refractivity contribution in [2.45, 2.75) is 96.6 Å². The van der Waals surface area contributed by atoms with E-state index in [-0.39, 0.29) is 35.8 Å². The summed E-state index contributed by atoms with van der Waals surface area (Å²) in [4.78, 5) is 12.8. The summed E-state index contributed by atoms with van der Waals surface area (Å²) in [6.07, 6.45) is 25.0. The Balaban J connectivity index is 1.45. The van der Waals surface area contributed by atoms with Gasteiger partial charge in [0.05, 0.1) is 24.4 Å². The number of esters is 1. The number of carbonyl (C=O) groups is 1. The predicted molar refractivity (Wildman–Crippen MR) is 150 cm³/mol. The van der Waals surface area contributed by atoms with Gasteiger partial charge < -0.3 is 14.2 Å². The van der Waals surface area contributed by atoms with Crippen LogP contribution < -0.4 is 0 Å². The van der Waals surface area contributed by atoms with E-state index in [1.807, 2.05) is 6.08 Å². The first-order valence-electron chi connectivity index (χ1n) is 14.2. The van der Waals surface area contributed by atoms with Crippen LogP contribution in [-0.2, 0) is 19.0 Å². The van der Waals surface area contributed by atoms with Gasteiger partial charge in [0.25, 0.3) is 0 Å². The van der Waals surface area contributed by atoms with Crippen molar-refractivity contribution in [1.82, 2.24) is 0 Å². The first-order valence-corrected chi connectivity index (χ1v) is 14.2. The molecule has 3 aliphatic heterocycles. The summed E-state index contributed by atoms with van der Waals surface area (Å²) < 4.78 is 18.4. The van der Waals surface area contributed by atoms with Crippen LogP contribution in [0.15, 0.2) is 72.4 Å². The van der Waals surface area contributed by atoms with Crippen LogP contribution in [0, 0.1) is 23.7 Å². The molecule has 37 heavy (non-hydrogen) atoms. The lowest BCUT2D eigenvalue weighted by atomic mass is 9.89. The minimum atomic E-state index is -0.290. The normalized spacial score (nSPS) is 40.1. The minimum absolute atomic E-state index is 0.0192. The fourth-order valence-corrected chi connectivity index (χ4v) is 6.16. The zero-order valence-corrected chi connectivity index (χ0v) is 23.2. The molecule has 3 unspecified atom stereocenters. The number of cyclic esters (lactones) is 1. The molecule has 0 radical (unpaired) electrons. The summed E-state index contributed by atoms with van der Waals surface area (Å²) in [6, 6.07) is 0. The van der Waals surface area contributed by atoms with Gasteiger partial charge in [-0.05, 0) is 63.2 Å². The zero-order chi connectivity index (χ0) is 26.4. The average Bonchev–Trinajstić information content (AvgIpc) is 3.53. The number of hydrogen-bond acceptors (Lipinski definition) is 4. The minimum Gasteiger partial charge on any atom is -0.458 e. The highest BCUT2D eigenvalue weighted by molar-refractivity contribution is 5.82. The van der Waals surface area contributed by atoms with E-state index in [2.05, 4.69) is 76.8 Å². The Labute approximate surface area is 224 Å². The number of allylic oxidation sites excluding steroid dienone is 2. The van der Waals surface area contributed by atoms with Crippen LogP contribution in [0.1, 0.15) is 72.6 Å². The summed E-state index contributed by atoms with van der Waals surface area (Å²) in [6.45, 7) is 13.9. The molecule has 8 atom stereocenters. The Morgan fingerprint density at radius 1 is 1.11 bits per heavy atom. The summed E-state index contributed by atoms with van der Waals surface area (Å²) in [5.74, 6) is 1.35. The summed E-state index contributed by atoms with van der Waals surface area (Å²) in [5, 5.41) is 0. The maximum atomic E-state index is 12.8. The van der Waals surface area contributed by atoms with E-state index in [0.717, 1.165) is 32.1 Å². The standard InChI is InChI=1S/C33H46O4/c1-23-9-6-12-31(26(4)14-15-29-21-24(2)16-18-35-29)36-32(34)13-7-10-28-11-8-17-33(37-28)22-30(33)27(5)20-25(3)19-23/h6-9,11,13-16,23,26-31H,3,10,12,17-22H2,1-2,4-5H3/b9-6+,13-7-,15-14+/t23-,26?,27?,28-,29-,30?,31+,33+/m1/s1. The SMILES string of the molecule is C=C1CC(C)C2C[C@@]23CC=C[C@@H](C/C=C\C(=O)O[C@H](C(C)/C=C/[C@@H]2CC(C)=CCO2)C/C=C/[C@@H](C)C1)O3. The maximum Gasteiger partial charge on any atom is 0.330 e. The average molecular weight is 507 g/mol. The van der Waals surface area contributed by atoms with Crippen molar-refractivity contribution in [2.24, 2.45) is 23.7 Å². The van der Waals surface area contributed by atoms with Gasteiger partial charge in [-0.25, -0.2) is 4.79 Å². The van der Waals surface area contributed by atoms with E-state index in [1.165, 1.54) is 11.1 Å². The van der Waals surface area contributed by atoms with E-state index in [9.17, 15) is 4.79 Å². The molecule has 4 aliphatic rings. The summed E-state index contributed by atoms with van der Waals surface area (Å²) >= 11 is 0. The Bertz CT molecular complexity index is 969. The molecule has 0 N–H and O–H groups in total. The van der Waals surface area contributed by atoms with E-state index in [0.29, 0.717) is 37.2 Å². The molecule has 0 amide bonds. The van der Waals surface area contributed by atoms with E-state index < -0.39 is 0 Å². The number of hydrogen-bond donors (Lipinski definition) is 0. The first-order chi connectivity index (χ1) is 17.7. The van der Waals surface area contributed by atoms with Crippen LogP contribution in [0.4, 0.5) is 0 Å². The molecule has 1 saturated carbocycles. The third kappa shape index (κ3) is 7.91. The van der Waals surface area contributed by atoms with Gasteiger partial charge in [0, 0.05) is 18.4 Å². The molecule has 4 rings (SSSR count). The van der Waals surface area contributed by atoms with Crippen LogP contribution in [-0.4, -0.2) is 36.5 Å². The summed E-state index contributed by atoms with van der Waals surface area (Å²) in [5.41, 5.74) is 2.65. The van der Waals surface area contributed by atoms with Gasteiger partial charge in [0.2, 0.25) is 0 Å². The second kappa shape index (κ2) is 12.6. The number of fused-ring (bicyclic) bond motifs is 1. The van der Waals surface area contributed by atoms with Crippen molar-refractivity contribution >= 4 is 5.97 Å². The Morgan fingerprint density at radius 3 is 2.76 bits per heavy atom. The van der Waals surface area contributed by atoms with Gasteiger partial charge in [-0.2, -0.15) is 0 Å². The molecule has 2 bridgehead atoms. The van der Waals surface area contributed by atoms with Crippen molar-refractivity contribution in [3.63, 3.8) is 0 Å². The van der Waals surface area contributed by atoms with E-state index in [1.54, 1.807) is 6.08 Å². The van der Waals surface area contributed by atoms with Crippen LogP contribution in [0.3, 0.4) is 0 Å². The van der Waals surface area contributed by atoms with Gasteiger partial charge in [-0.3, -0.25) is 0 Å². The maximum absolute atomic E-state index is 12.8. The van der Waals surface area contributed by atoms with Crippen LogP contribution in [0.2, 0.25) is 0 Å². The Kier molecular flexibility index (Phi) is 9.47. The highest BCUT2D eigenvalue weighted by atomic mass is 16.5. The second-order valence-corrected chi connectivity index (χ2v) is 11.9. The number of ether oxygens (including phenoxy) is 3. The summed E-state index contributed by atoms with van der Waals surface area (Å²) in [7, 11) is 0. The monoisotopic (exact) mass is 506 g/mol. The fraction of sp³-hybridized carbons (Fsp3) is 0.606. The molecule has 202 valence electrons. The largest absolute Gasteiger partial charge is 0.458 e. The van der Waals surface area contributed by atoms with Crippen molar-refractivity contribution in [1.29, 1.82) is 0 Å². The van der Waals surface area contributed by atoms with Crippen molar-refractivity contribution < 1.29 is 19.0 Å². The van der Waals surface area contributed by atoms with Crippen LogP contribution in [0.25, 0.3) is 0 Å². The lowest BCUT2D eigenvalue weighted by Crippen LogP contribution is -2.28. The molecule has 1 spiro atoms. The topological polar surface area (TPSA) is 44.8 Å². The van der Waals surface area contributed by atoms with E-state index >= 15 is 0 Å². The molecule has 0 aromatic heterocycles. The molecule has 0 aromatic rings.